The van der Waals surface area contributed by atoms with Crippen molar-refractivity contribution >= 4 is 29.0 Å². The van der Waals surface area contributed by atoms with Crippen molar-refractivity contribution in [3.8, 4) is 0 Å². The molecule has 0 heterocycles. The van der Waals surface area contributed by atoms with E-state index in [4.69, 9.17) is 23.2 Å². The average Bonchev–Trinajstić information content (AvgIpc) is 2.09. The molecule has 4 heteroatoms. The van der Waals surface area contributed by atoms with Gasteiger partial charge in [-0.3, -0.25) is 4.79 Å². The van der Waals surface area contributed by atoms with Crippen LogP contribution in [0.15, 0.2) is 18.2 Å². The number of halogens is 2. The molecule has 0 aliphatic rings. The fourth-order valence-corrected chi connectivity index (χ4v) is 1.61. The molecule has 0 fully saturated rings. The number of carbonyl (C=O) groups excluding carboxylic acids is 1. The molecular formula is C11H12Cl2O2. The second kappa shape index (κ2) is 4.52. The third-order valence-electron chi connectivity index (χ3n) is 2.08. The van der Waals surface area contributed by atoms with Gasteiger partial charge in [0.15, 0.2) is 5.78 Å². The summed E-state index contributed by atoms with van der Waals surface area (Å²) in [6.45, 7) is 2.89. The van der Waals surface area contributed by atoms with Gasteiger partial charge in [0.25, 0.3) is 0 Å². The number of Topliss-reactive ketones (excluding diaryl/α,β-unsaturated/α-hetero) is 1. The zero-order chi connectivity index (χ0) is 11.6. The van der Waals surface area contributed by atoms with Gasteiger partial charge >= 0.3 is 0 Å². The van der Waals surface area contributed by atoms with Crippen molar-refractivity contribution in [3.63, 3.8) is 0 Å². The number of aliphatic hydroxyl groups is 1. The van der Waals surface area contributed by atoms with E-state index in [0.29, 0.717) is 15.6 Å². The van der Waals surface area contributed by atoms with Crippen molar-refractivity contribution in [1.82, 2.24) is 0 Å². The van der Waals surface area contributed by atoms with E-state index in [-0.39, 0.29) is 12.2 Å². The molecule has 0 aromatic heterocycles. The van der Waals surface area contributed by atoms with Gasteiger partial charge in [-0.15, -0.1) is 0 Å². The van der Waals surface area contributed by atoms with E-state index in [9.17, 15) is 9.90 Å². The first-order valence-corrected chi connectivity index (χ1v) is 5.26. The molecule has 15 heavy (non-hydrogen) atoms. The van der Waals surface area contributed by atoms with Crippen molar-refractivity contribution in [3.05, 3.63) is 33.8 Å². The first-order chi connectivity index (χ1) is 6.82. The molecule has 0 aliphatic heterocycles. The highest BCUT2D eigenvalue weighted by molar-refractivity contribution is 6.36. The van der Waals surface area contributed by atoms with Crippen LogP contribution in [-0.2, 0) is 11.2 Å². The summed E-state index contributed by atoms with van der Waals surface area (Å²) < 4.78 is 0. The maximum atomic E-state index is 11.6. The summed E-state index contributed by atoms with van der Waals surface area (Å²) in [5.41, 5.74) is -0.796. The van der Waals surface area contributed by atoms with Crippen LogP contribution in [0.3, 0.4) is 0 Å². The predicted molar refractivity (Wildman–Crippen MR) is 61.5 cm³/mol. The van der Waals surface area contributed by atoms with Gasteiger partial charge in [0, 0.05) is 16.5 Å². The quantitative estimate of drug-likeness (QED) is 0.891. The van der Waals surface area contributed by atoms with E-state index in [0.717, 1.165) is 0 Å². The maximum Gasteiger partial charge on any atom is 0.168 e. The van der Waals surface area contributed by atoms with Crippen LogP contribution in [0.4, 0.5) is 0 Å². The van der Waals surface area contributed by atoms with Crippen LogP contribution in [0.1, 0.15) is 19.4 Å². The normalized spacial score (nSPS) is 11.5. The standard InChI is InChI=1S/C11H12Cl2O2/c1-11(2,15)10(14)6-7-8(12)4-3-5-9(7)13/h3-5,15H,6H2,1-2H3. The summed E-state index contributed by atoms with van der Waals surface area (Å²) >= 11 is 11.8. The molecule has 2 nitrogen and oxygen atoms in total. The van der Waals surface area contributed by atoms with Crippen LogP contribution in [0.5, 0.6) is 0 Å². The van der Waals surface area contributed by atoms with Gasteiger partial charge in [-0.1, -0.05) is 29.3 Å². The average molecular weight is 247 g/mol. The van der Waals surface area contributed by atoms with Crippen molar-refractivity contribution in [2.24, 2.45) is 0 Å². The minimum absolute atomic E-state index is 0.0437. The Morgan fingerprint density at radius 2 is 1.80 bits per heavy atom. The van der Waals surface area contributed by atoms with Crippen molar-refractivity contribution in [2.45, 2.75) is 25.9 Å². The lowest BCUT2D eigenvalue weighted by Crippen LogP contribution is -2.32. The zero-order valence-corrected chi connectivity index (χ0v) is 10.1. The van der Waals surface area contributed by atoms with Gasteiger partial charge in [-0.05, 0) is 31.5 Å². The fourth-order valence-electron chi connectivity index (χ4n) is 1.08. The summed E-state index contributed by atoms with van der Waals surface area (Å²) in [6.07, 6.45) is 0.0437. The van der Waals surface area contributed by atoms with Crippen LogP contribution in [0.25, 0.3) is 0 Å². The summed E-state index contributed by atoms with van der Waals surface area (Å²) in [5.74, 6) is -0.308. The van der Waals surface area contributed by atoms with Gasteiger partial charge in [-0.25, -0.2) is 0 Å². The summed E-state index contributed by atoms with van der Waals surface area (Å²) in [6, 6.07) is 5.05. The number of benzene rings is 1. The summed E-state index contributed by atoms with van der Waals surface area (Å²) in [4.78, 5) is 11.6. The fraction of sp³-hybridized carbons (Fsp3) is 0.364. The molecule has 0 radical (unpaired) electrons. The van der Waals surface area contributed by atoms with E-state index in [1.54, 1.807) is 18.2 Å². The molecule has 0 spiro atoms. The Labute approximate surface area is 98.8 Å². The Hall–Kier alpha value is -0.570. The largest absolute Gasteiger partial charge is 0.383 e. The van der Waals surface area contributed by atoms with Crippen LogP contribution < -0.4 is 0 Å². The van der Waals surface area contributed by atoms with E-state index < -0.39 is 5.60 Å². The Morgan fingerprint density at radius 3 is 2.20 bits per heavy atom. The third-order valence-corrected chi connectivity index (χ3v) is 2.79. The lowest BCUT2D eigenvalue weighted by atomic mass is 9.97. The minimum atomic E-state index is -1.36. The lowest BCUT2D eigenvalue weighted by Gasteiger charge is -2.16. The Morgan fingerprint density at radius 1 is 1.33 bits per heavy atom. The number of carbonyl (C=O) groups is 1. The number of rotatable bonds is 3. The molecule has 1 N–H and O–H groups in total. The van der Waals surface area contributed by atoms with Crippen LogP contribution in [-0.4, -0.2) is 16.5 Å². The number of hydrogen-bond acceptors (Lipinski definition) is 2. The first kappa shape index (κ1) is 12.5. The molecule has 0 bridgehead atoms. The summed E-state index contributed by atoms with van der Waals surface area (Å²) in [5, 5.41) is 10.4. The SMILES string of the molecule is CC(C)(O)C(=O)Cc1c(Cl)cccc1Cl. The van der Waals surface area contributed by atoms with Crippen LogP contribution in [0, 0.1) is 0 Å². The first-order valence-electron chi connectivity index (χ1n) is 4.51. The zero-order valence-electron chi connectivity index (χ0n) is 8.55. The van der Waals surface area contributed by atoms with Gasteiger partial charge in [0.1, 0.15) is 5.60 Å². The van der Waals surface area contributed by atoms with E-state index in [1.807, 2.05) is 0 Å². The lowest BCUT2D eigenvalue weighted by molar-refractivity contribution is -0.133. The Balaban J connectivity index is 2.95. The second-order valence-electron chi connectivity index (χ2n) is 3.86. The van der Waals surface area contributed by atoms with Gasteiger partial charge < -0.3 is 5.11 Å². The molecule has 0 aliphatic carbocycles. The molecule has 0 saturated carbocycles. The van der Waals surface area contributed by atoms with Crippen LogP contribution in [0.2, 0.25) is 10.0 Å². The molecule has 0 atom stereocenters. The monoisotopic (exact) mass is 246 g/mol. The van der Waals surface area contributed by atoms with Crippen molar-refractivity contribution in [2.75, 3.05) is 0 Å². The number of hydrogen-bond donors (Lipinski definition) is 1. The molecule has 0 saturated heterocycles. The molecule has 1 rings (SSSR count). The maximum absolute atomic E-state index is 11.6. The minimum Gasteiger partial charge on any atom is -0.383 e. The predicted octanol–water partition coefficient (Wildman–Crippen LogP) is 2.88. The Kier molecular flexibility index (Phi) is 3.77. The van der Waals surface area contributed by atoms with E-state index >= 15 is 0 Å². The molecule has 0 amide bonds. The van der Waals surface area contributed by atoms with Gasteiger partial charge in [-0.2, -0.15) is 0 Å². The highest BCUT2D eigenvalue weighted by Gasteiger charge is 2.25. The van der Waals surface area contributed by atoms with Gasteiger partial charge in [0.2, 0.25) is 0 Å². The summed E-state index contributed by atoms with van der Waals surface area (Å²) in [7, 11) is 0. The Bertz CT molecular complexity index is 360. The molecule has 0 unspecified atom stereocenters. The topological polar surface area (TPSA) is 37.3 Å². The molecular weight excluding hydrogens is 235 g/mol. The molecule has 1 aromatic carbocycles. The number of ketones is 1. The molecule has 82 valence electrons. The van der Waals surface area contributed by atoms with E-state index in [2.05, 4.69) is 0 Å². The highest BCUT2D eigenvalue weighted by Crippen LogP contribution is 2.26. The van der Waals surface area contributed by atoms with Crippen LogP contribution >= 0.6 is 23.2 Å². The van der Waals surface area contributed by atoms with Crippen molar-refractivity contribution in [1.29, 1.82) is 0 Å². The van der Waals surface area contributed by atoms with Gasteiger partial charge in [0.05, 0.1) is 0 Å². The molecule has 1 aromatic rings. The second-order valence-corrected chi connectivity index (χ2v) is 4.67. The smallest absolute Gasteiger partial charge is 0.168 e. The van der Waals surface area contributed by atoms with Crippen molar-refractivity contribution < 1.29 is 9.90 Å². The van der Waals surface area contributed by atoms with E-state index in [1.165, 1.54) is 13.8 Å². The highest BCUT2D eigenvalue weighted by atomic mass is 35.5. The third kappa shape index (κ3) is 3.20.